The van der Waals surface area contributed by atoms with Gasteiger partial charge in [-0.3, -0.25) is 0 Å². The molecule has 0 spiro atoms. The number of halogens is 1. The van der Waals surface area contributed by atoms with Gasteiger partial charge in [-0.1, -0.05) is 12.1 Å². The van der Waals surface area contributed by atoms with Gasteiger partial charge in [0, 0.05) is 6.42 Å². The molecule has 3 nitrogen and oxygen atoms in total. The molecular formula is C11H13FO3. The third-order valence-electron chi connectivity index (χ3n) is 2.09. The van der Waals surface area contributed by atoms with Crippen molar-refractivity contribution < 1.29 is 19.0 Å². The van der Waals surface area contributed by atoms with Crippen LogP contribution in [0.1, 0.15) is 12.5 Å². The number of methoxy groups -OCH3 is 1. The first-order valence-corrected chi connectivity index (χ1v) is 4.51. The molecule has 1 rings (SSSR count). The predicted octanol–water partition coefficient (Wildman–Crippen LogP) is 1.29. The average Bonchev–Trinajstić information content (AvgIpc) is 2.20. The second-order valence-corrected chi connectivity index (χ2v) is 3.57. The molecule has 82 valence electrons. The van der Waals surface area contributed by atoms with Gasteiger partial charge >= 0.3 is 5.97 Å². The molecule has 0 aromatic heterocycles. The maximum Gasteiger partial charge on any atom is 0.337 e. The van der Waals surface area contributed by atoms with E-state index in [0.717, 1.165) is 0 Å². The largest absolute Gasteiger partial charge is 0.467 e. The summed E-state index contributed by atoms with van der Waals surface area (Å²) >= 11 is 0. The van der Waals surface area contributed by atoms with Crippen LogP contribution in [0.25, 0.3) is 0 Å². The molecule has 0 aliphatic rings. The maximum atomic E-state index is 12.6. The molecule has 15 heavy (non-hydrogen) atoms. The second-order valence-electron chi connectivity index (χ2n) is 3.57. The van der Waals surface area contributed by atoms with E-state index < -0.39 is 11.6 Å². The summed E-state index contributed by atoms with van der Waals surface area (Å²) in [5.74, 6) is -1.05. The van der Waals surface area contributed by atoms with E-state index in [4.69, 9.17) is 0 Å². The quantitative estimate of drug-likeness (QED) is 0.768. The number of esters is 1. The van der Waals surface area contributed by atoms with Crippen molar-refractivity contribution in [1.82, 2.24) is 0 Å². The summed E-state index contributed by atoms with van der Waals surface area (Å²) in [4.78, 5) is 11.2. The van der Waals surface area contributed by atoms with Crippen LogP contribution in [0.4, 0.5) is 4.39 Å². The Balaban J connectivity index is 2.77. The first-order valence-electron chi connectivity index (χ1n) is 4.51. The fraction of sp³-hybridized carbons (Fsp3) is 0.364. The van der Waals surface area contributed by atoms with Crippen LogP contribution in [0, 0.1) is 5.82 Å². The van der Waals surface area contributed by atoms with E-state index in [-0.39, 0.29) is 12.2 Å². The highest BCUT2D eigenvalue weighted by molar-refractivity contribution is 5.78. The van der Waals surface area contributed by atoms with Crippen LogP contribution in [0.15, 0.2) is 24.3 Å². The van der Waals surface area contributed by atoms with E-state index in [2.05, 4.69) is 4.74 Å². The van der Waals surface area contributed by atoms with E-state index >= 15 is 0 Å². The van der Waals surface area contributed by atoms with Crippen molar-refractivity contribution in [3.05, 3.63) is 35.6 Å². The summed E-state index contributed by atoms with van der Waals surface area (Å²) in [5.41, 5.74) is -0.904. The van der Waals surface area contributed by atoms with Crippen molar-refractivity contribution in [3.8, 4) is 0 Å². The van der Waals surface area contributed by atoms with Gasteiger partial charge in [0.15, 0.2) is 5.60 Å². The molecule has 0 aliphatic heterocycles. The highest BCUT2D eigenvalue weighted by Crippen LogP contribution is 2.15. The van der Waals surface area contributed by atoms with Crippen molar-refractivity contribution >= 4 is 5.97 Å². The lowest BCUT2D eigenvalue weighted by molar-refractivity contribution is -0.160. The van der Waals surface area contributed by atoms with Crippen LogP contribution in [0.3, 0.4) is 0 Å². The van der Waals surface area contributed by atoms with Gasteiger partial charge in [-0.15, -0.1) is 0 Å². The van der Waals surface area contributed by atoms with E-state index in [9.17, 15) is 14.3 Å². The minimum absolute atomic E-state index is 0.0972. The summed E-state index contributed by atoms with van der Waals surface area (Å²) in [6, 6.07) is 5.60. The van der Waals surface area contributed by atoms with Crippen molar-refractivity contribution in [2.75, 3.05) is 7.11 Å². The Morgan fingerprint density at radius 1 is 1.47 bits per heavy atom. The fourth-order valence-electron chi connectivity index (χ4n) is 1.29. The number of rotatable bonds is 3. The molecule has 1 aromatic rings. The molecule has 0 radical (unpaired) electrons. The third-order valence-corrected chi connectivity index (χ3v) is 2.09. The Hall–Kier alpha value is -1.42. The SMILES string of the molecule is COC(=O)C(C)(O)Cc1ccc(F)cc1. The molecule has 0 heterocycles. The Kier molecular flexibility index (Phi) is 3.42. The molecule has 1 aromatic carbocycles. The molecule has 0 aliphatic carbocycles. The van der Waals surface area contributed by atoms with Gasteiger partial charge in [0.1, 0.15) is 5.82 Å². The Morgan fingerprint density at radius 2 is 2.00 bits per heavy atom. The number of carbonyl (C=O) groups is 1. The zero-order valence-electron chi connectivity index (χ0n) is 8.66. The summed E-state index contributed by atoms with van der Waals surface area (Å²) < 4.78 is 17.0. The van der Waals surface area contributed by atoms with E-state index in [1.807, 2.05) is 0 Å². The smallest absolute Gasteiger partial charge is 0.337 e. The van der Waals surface area contributed by atoms with Gasteiger partial charge in [0.05, 0.1) is 7.11 Å². The first kappa shape index (κ1) is 11.7. The topological polar surface area (TPSA) is 46.5 Å². The number of ether oxygens (including phenoxy) is 1. The Labute approximate surface area is 87.5 Å². The lowest BCUT2D eigenvalue weighted by Gasteiger charge is -2.19. The normalized spacial score (nSPS) is 14.4. The molecule has 0 fully saturated rings. The van der Waals surface area contributed by atoms with Crippen molar-refractivity contribution in [3.63, 3.8) is 0 Å². The zero-order chi connectivity index (χ0) is 11.5. The zero-order valence-corrected chi connectivity index (χ0v) is 8.66. The van der Waals surface area contributed by atoms with Gasteiger partial charge in [-0.2, -0.15) is 0 Å². The van der Waals surface area contributed by atoms with Crippen LogP contribution < -0.4 is 0 Å². The third kappa shape index (κ3) is 3.02. The fourth-order valence-corrected chi connectivity index (χ4v) is 1.29. The molecule has 0 saturated heterocycles. The predicted molar refractivity (Wildman–Crippen MR) is 52.7 cm³/mol. The van der Waals surface area contributed by atoms with Crippen LogP contribution >= 0.6 is 0 Å². The van der Waals surface area contributed by atoms with Gasteiger partial charge in [-0.25, -0.2) is 9.18 Å². The summed E-state index contributed by atoms with van der Waals surface area (Å²) in [5, 5.41) is 9.74. The summed E-state index contributed by atoms with van der Waals surface area (Å²) in [7, 11) is 1.21. The van der Waals surface area contributed by atoms with Gasteiger partial charge in [-0.05, 0) is 24.6 Å². The summed E-state index contributed by atoms with van der Waals surface area (Å²) in [6.07, 6.45) is 0.0972. The van der Waals surface area contributed by atoms with Gasteiger partial charge in [0.2, 0.25) is 0 Å². The monoisotopic (exact) mass is 212 g/mol. The van der Waals surface area contributed by atoms with Crippen LogP contribution in [0.5, 0.6) is 0 Å². The van der Waals surface area contributed by atoms with Crippen LogP contribution in [0.2, 0.25) is 0 Å². The van der Waals surface area contributed by atoms with E-state index in [1.54, 1.807) is 0 Å². The van der Waals surface area contributed by atoms with Crippen molar-refractivity contribution in [1.29, 1.82) is 0 Å². The van der Waals surface area contributed by atoms with E-state index in [1.165, 1.54) is 38.3 Å². The minimum atomic E-state index is -1.58. The molecule has 4 heteroatoms. The first-order chi connectivity index (χ1) is 6.95. The van der Waals surface area contributed by atoms with Gasteiger partial charge in [0.25, 0.3) is 0 Å². The maximum absolute atomic E-state index is 12.6. The number of aliphatic hydroxyl groups is 1. The molecule has 0 saturated carbocycles. The number of hydrogen-bond donors (Lipinski definition) is 1. The molecule has 1 N–H and O–H groups in total. The second kappa shape index (κ2) is 4.40. The van der Waals surface area contributed by atoms with Gasteiger partial charge < -0.3 is 9.84 Å². The standard InChI is InChI=1S/C11H13FO3/c1-11(14,10(13)15-2)7-8-3-5-9(12)6-4-8/h3-6,14H,7H2,1-2H3. The Morgan fingerprint density at radius 3 is 2.47 bits per heavy atom. The highest BCUT2D eigenvalue weighted by atomic mass is 19.1. The molecule has 1 unspecified atom stereocenters. The lowest BCUT2D eigenvalue weighted by atomic mass is 9.97. The van der Waals surface area contributed by atoms with Crippen molar-refractivity contribution in [2.24, 2.45) is 0 Å². The highest BCUT2D eigenvalue weighted by Gasteiger charge is 2.31. The molecular weight excluding hydrogens is 199 g/mol. The average molecular weight is 212 g/mol. The van der Waals surface area contributed by atoms with Crippen molar-refractivity contribution in [2.45, 2.75) is 18.9 Å². The molecule has 1 atom stereocenters. The number of benzene rings is 1. The number of hydrogen-bond acceptors (Lipinski definition) is 3. The Bertz CT molecular complexity index is 343. The van der Waals surface area contributed by atoms with E-state index in [0.29, 0.717) is 5.56 Å². The minimum Gasteiger partial charge on any atom is -0.467 e. The summed E-state index contributed by atoms with van der Waals surface area (Å²) in [6.45, 7) is 1.36. The lowest BCUT2D eigenvalue weighted by Crippen LogP contribution is -2.38. The molecule has 0 amide bonds. The van der Waals surface area contributed by atoms with Crippen LogP contribution in [-0.4, -0.2) is 23.8 Å². The molecule has 0 bridgehead atoms. The number of carbonyl (C=O) groups excluding carboxylic acids is 1. The van der Waals surface area contributed by atoms with Crippen LogP contribution in [-0.2, 0) is 16.0 Å².